The minimum Gasteiger partial charge on any atom is -0.373 e. The van der Waals surface area contributed by atoms with Crippen LogP contribution in [0.5, 0.6) is 0 Å². The van der Waals surface area contributed by atoms with Gasteiger partial charge in [0, 0.05) is 26.3 Å². The van der Waals surface area contributed by atoms with Gasteiger partial charge in [-0.05, 0) is 49.1 Å². The highest BCUT2D eigenvalue weighted by atomic mass is 15.1. The molecule has 2 fully saturated rings. The number of nitrogens with zero attached hydrogens (tertiary/aromatic N) is 2. The van der Waals surface area contributed by atoms with E-state index in [-0.39, 0.29) is 0 Å². The number of hydrogen-bond donors (Lipinski definition) is 1. The van der Waals surface area contributed by atoms with E-state index in [2.05, 4.69) is 23.0 Å². The molecular formula is C15H23N3. The highest BCUT2D eigenvalue weighted by Crippen LogP contribution is 2.48. The van der Waals surface area contributed by atoms with Crippen LogP contribution >= 0.6 is 0 Å². The molecule has 2 bridgehead atoms. The molecule has 0 amide bonds. The van der Waals surface area contributed by atoms with Gasteiger partial charge in [-0.15, -0.1) is 0 Å². The van der Waals surface area contributed by atoms with Crippen LogP contribution in [0.4, 0.5) is 5.69 Å². The monoisotopic (exact) mass is 245 g/mol. The van der Waals surface area contributed by atoms with Crippen molar-refractivity contribution >= 4 is 5.69 Å². The van der Waals surface area contributed by atoms with Gasteiger partial charge in [-0.3, -0.25) is 4.98 Å². The normalized spacial score (nSPS) is 29.8. The second-order valence-corrected chi connectivity index (χ2v) is 5.99. The molecule has 1 aromatic heterocycles. The first-order valence-electron chi connectivity index (χ1n) is 7.13. The number of anilines is 1. The zero-order chi connectivity index (χ0) is 12.5. The Morgan fingerprint density at radius 2 is 2.28 bits per heavy atom. The van der Waals surface area contributed by atoms with E-state index in [9.17, 15) is 0 Å². The van der Waals surface area contributed by atoms with Crippen LogP contribution in [-0.4, -0.2) is 18.6 Å². The molecule has 0 saturated heterocycles. The molecular weight excluding hydrogens is 222 g/mol. The molecule has 2 saturated carbocycles. The van der Waals surface area contributed by atoms with Crippen LogP contribution in [-0.2, 0) is 6.54 Å². The maximum atomic E-state index is 5.77. The Balaban J connectivity index is 1.69. The van der Waals surface area contributed by atoms with Crippen LogP contribution in [0, 0.1) is 17.8 Å². The summed E-state index contributed by atoms with van der Waals surface area (Å²) in [5.74, 6) is 2.89. The molecule has 18 heavy (non-hydrogen) atoms. The maximum absolute atomic E-state index is 5.77. The lowest BCUT2D eigenvalue weighted by atomic mass is 9.88. The molecule has 0 spiro atoms. The van der Waals surface area contributed by atoms with Crippen molar-refractivity contribution < 1.29 is 0 Å². The molecule has 3 rings (SSSR count). The van der Waals surface area contributed by atoms with E-state index in [0.717, 1.165) is 23.4 Å². The van der Waals surface area contributed by atoms with Crippen LogP contribution in [0.25, 0.3) is 0 Å². The fraction of sp³-hybridized carbons (Fsp3) is 0.667. The third-order valence-electron chi connectivity index (χ3n) is 4.86. The van der Waals surface area contributed by atoms with Gasteiger partial charge in [0.1, 0.15) is 0 Å². The van der Waals surface area contributed by atoms with Crippen molar-refractivity contribution in [3.05, 3.63) is 24.0 Å². The van der Waals surface area contributed by atoms with Crippen molar-refractivity contribution in [3.8, 4) is 0 Å². The Kier molecular flexibility index (Phi) is 3.25. The third kappa shape index (κ3) is 2.12. The van der Waals surface area contributed by atoms with Gasteiger partial charge in [0.15, 0.2) is 0 Å². The third-order valence-corrected chi connectivity index (χ3v) is 4.86. The second-order valence-electron chi connectivity index (χ2n) is 5.99. The molecule has 0 aliphatic heterocycles. The maximum Gasteiger partial charge on any atom is 0.0772 e. The fourth-order valence-corrected chi connectivity index (χ4v) is 3.98. The Labute approximate surface area is 109 Å². The molecule has 98 valence electrons. The van der Waals surface area contributed by atoms with Crippen molar-refractivity contribution in [1.29, 1.82) is 0 Å². The van der Waals surface area contributed by atoms with E-state index < -0.39 is 0 Å². The van der Waals surface area contributed by atoms with Gasteiger partial charge in [-0.2, -0.15) is 0 Å². The molecule has 3 unspecified atom stereocenters. The Bertz CT molecular complexity index is 418. The predicted octanol–water partition coefficient (Wildman–Crippen LogP) is 2.41. The van der Waals surface area contributed by atoms with Gasteiger partial charge in [-0.25, -0.2) is 0 Å². The number of hydrogen-bond acceptors (Lipinski definition) is 3. The fourth-order valence-electron chi connectivity index (χ4n) is 3.98. The summed E-state index contributed by atoms with van der Waals surface area (Å²) in [4.78, 5) is 6.74. The van der Waals surface area contributed by atoms with Gasteiger partial charge < -0.3 is 10.6 Å². The lowest BCUT2D eigenvalue weighted by Gasteiger charge is -2.29. The second kappa shape index (κ2) is 4.88. The standard InChI is InChI=1S/C15H23N3/c1-18(15-3-2-6-17-14(15)9-16)10-13-8-11-4-5-12(13)7-11/h2-3,6,11-13H,4-5,7-10,16H2,1H3. The van der Waals surface area contributed by atoms with Crippen molar-refractivity contribution in [3.63, 3.8) is 0 Å². The number of nitrogens with two attached hydrogens (primary N) is 1. The SMILES string of the molecule is CN(CC1CC2CCC1C2)c1cccnc1CN. The van der Waals surface area contributed by atoms with Crippen molar-refractivity contribution in [1.82, 2.24) is 4.98 Å². The summed E-state index contributed by atoms with van der Waals surface area (Å²) in [5.41, 5.74) is 8.00. The number of aromatic nitrogens is 1. The number of rotatable bonds is 4. The lowest BCUT2D eigenvalue weighted by Crippen LogP contribution is -2.29. The molecule has 3 atom stereocenters. The summed E-state index contributed by atoms with van der Waals surface area (Å²) >= 11 is 0. The van der Waals surface area contributed by atoms with Gasteiger partial charge in [0.2, 0.25) is 0 Å². The summed E-state index contributed by atoms with van der Waals surface area (Å²) in [6.07, 6.45) is 7.69. The molecule has 3 nitrogen and oxygen atoms in total. The molecule has 2 N–H and O–H groups in total. The summed E-state index contributed by atoms with van der Waals surface area (Å²) < 4.78 is 0. The Morgan fingerprint density at radius 1 is 1.39 bits per heavy atom. The average Bonchev–Trinajstić information content (AvgIpc) is 3.01. The van der Waals surface area contributed by atoms with E-state index in [4.69, 9.17) is 5.73 Å². The van der Waals surface area contributed by atoms with Gasteiger partial charge in [0.05, 0.1) is 11.4 Å². The van der Waals surface area contributed by atoms with Crippen LogP contribution in [0.15, 0.2) is 18.3 Å². The lowest BCUT2D eigenvalue weighted by molar-refractivity contribution is 0.337. The average molecular weight is 245 g/mol. The Morgan fingerprint density at radius 3 is 2.94 bits per heavy atom. The summed E-state index contributed by atoms with van der Waals surface area (Å²) in [5, 5.41) is 0. The van der Waals surface area contributed by atoms with Gasteiger partial charge in [0.25, 0.3) is 0 Å². The molecule has 1 heterocycles. The molecule has 0 radical (unpaired) electrons. The van der Waals surface area contributed by atoms with E-state index in [1.807, 2.05) is 12.3 Å². The largest absolute Gasteiger partial charge is 0.373 e. The van der Waals surface area contributed by atoms with E-state index >= 15 is 0 Å². The first kappa shape index (κ1) is 12.0. The molecule has 3 heteroatoms. The quantitative estimate of drug-likeness (QED) is 0.885. The molecule has 1 aromatic rings. The van der Waals surface area contributed by atoms with Gasteiger partial charge >= 0.3 is 0 Å². The predicted molar refractivity (Wildman–Crippen MR) is 74.3 cm³/mol. The first-order valence-corrected chi connectivity index (χ1v) is 7.13. The Hall–Kier alpha value is -1.09. The number of fused-ring (bicyclic) bond motifs is 2. The van der Waals surface area contributed by atoms with E-state index in [1.54, 1.807) is 0 Å². The first-order chi connectivity index (χ1) is 8.78. The van der Waals surface area contributed by atoms with E-state index in [0.29, 0.717) is 6.54 Å². The van der Waals surface area contributed by atoms with Crippen LogP contribution in [0.3, 0.4) is 0 Å². The summed E-state index contributed by atoms with van der Waals surface area (Å²) in [7, 11) is 2.18. The smallest absolute Gasteiger partial charge is 0.0772 e. The van der Waals surface area contributed by atoms with Crippen molar-refractivity contribution in [2.75, 3.05) is 18.5 Å². The highest BCUT2D eigenvalue weighted by Gasteiger charge is 2.39. The minimum absolute atomic E-state index is 0.525. The van der Waals surface area contributed by atoms with Crippen LogP contribution in [0.2, 0.25) is 0 Å². The molecule has 0 aromatic carbocycles. The zero-order valence-corrected chi connectivity index (χ0v) is 11.2. The molecule has 2 aliphatic rings. The zero-order valence-electron chi connectivity index (χ0n) is 11.2. The van der Waals surface area contributed by atoms with Crippen LogP contribution < -0.4 is 10.6 Å². The van der Waals surface area contributed by atoms with Crippen molar-refractivity contribution in [2.24, 2.45) is 23.5 Å². The van der Waals surface area contributed by atoms with E-state index in [1.165, 1.54) is 37.9 Å². The topological polar surface area (TPSA) is 42.2 Å². The highest BCUT2D eigenvalue weighted by molar-refractivity contribution is 5.49. The van der Waals surface area contributed by atoms with Crippen molar-refractivity contribution in [2.45, 2.75) is 32.2 Å². The summed E-state index contributed by atoms with van der Waals surface area (Å²) in [6, 6.07) is 4.15. The number of pyridine rings is 1. The van der Waals surface area contributed by atoms with Gasteiger partial charge in [-0.1, -0.05) is 6.42 Å². The summed E-state index contributed by atoms with van der Waals surface area (Å²) in [6.45, 7) is 1.69. The van der Waals surface area contributed by atoms with Crippen LogP contribution in [0.1, 0.15) is 31.4 Å². The minimum atomic E-state index is 0.525. The molecule has 2 aliphatic carbocycles.